The van der Waals surface area contributed by atoms with E-state index in [-0.39, 0.29) is 18.0 Å². The van der Waals surface area contributed by atoms with E-state index in [0.29, 0.717) is 12.8 Å². The number of nitrogens with one attached hydrogen (secondary N) is 1. The minimum atomic E-state index is -1.41. The molecule has 3 N–H and O–H groups in total. The molecule has 0 bridgehead atoms. The summed E-state index contributed by atoms with van der Waals surface area (Å²) in [5, 5.41) is 21.2. The highest BCUT2D eigenvalue weighted by Gasteiger charge is 2.36. The number of carbonyl (C=O) groups excluding carboxylic acids is 1. The molecular weight excluding hydrogens is 340 g/mol. The van der Waals surface area contributed by atoms with Crippen LogP contribution in [-0.4, -0.2) is 38.2 Å². The van der Waals surface area contributed by atoms with Gasteiger partial charge < -0.3 is 20.1 Å². The van der Waals surface area contributed by atoms with Crippen molar-refractivity contribution >= 4 is 17.8 Å². The van der Waals surface area contributed by atoms with Gasteiger partial charge in [0, 0.05) is 18.4 Å². The lowest BCUT2D eigenvalue weighted by atomic mass is 9.79. The van der Waals surface area contributed by atoms with Crippen molar-refractivity contribution in [3.8, 4) is 0 Å². The first-order valence-electron chi connectivity index (χ1n) is 8.68. The van der Waals surface area contributed by atoms with Gasteiger partial charge in [-0.2, -0.15) is 0 Å². The van der Waals surface area contributed by atoms with E-state index in [9.17, 15) is 29.4 Å². The number of carboxylic acids is 2. The zero-order valence-electron chi connectivity index (χ0n) is 14.9. The Kier molecular flexibility index (Phi) is 5.84. The second-order valence-electron chi connectivity index (χ2n) is 7.13. The van der Waals surface area contributed by atoms with Gasteiger partial charge in [0.1, 0.15) is 11.1 Å². The molecule has 1 amide bonds. The van der Waals surface area contributed by atoms with Crippen LogP contribution in [0.5, 0.6) is 0 Å². The highest BCUT2D eigenvalue weighted by Crippen LogP contribution is 2.31. The van der Waals surface area contributed by atoms with Crippen LogP contribution in [0.2, 0.25) is 0 Å². The van der Waals surface area contributed by atoms with Gasteiger partial charge in [0.05, 0.1) is 12.0 Å². The summed E-state index contributed by atoms with van der Waals surface area (Å²) in [5.41, 5.74) is -2.54. The van der Waals surface area contributed by atoms with Crippen molar-refractivity contribution < 1.29 is 24.6 Å². The summed E-state index contributed by atoms with van der Waals surface area (Å²) in [7, 11) is 0. The van der Waals surface area contributed by atoms with E-state index in [1.807, 2.05) is 0 Å². The van der Waals surface area contributed by atoms with Crippen LogP contribution in [-0.2, 0) is 4.79 Å². The molecule has 0 unspecified atom stereocenters. The fourth-order valence-electron chi connectivity index (χ4n) is 3.38. The maximum absolute atomic E-state index is 12.8. The monoisotopic (exact) mass is 364 g/mol. The van der Waals surface area contributed by atoms with Crippen LogP contribution < -0.4 is 10.7 Å². The van der Waals surface area contributed by atoms with Crippen molar-refractivity contribution in [1.29, 1.82) is 0 Å². The fraction of sp³-hybridized carbons (Fsp3) is 0.556. The van der Waals surface area contributed by atoms with Crippen LogP contribution in [0, 0.1) is 0 Å². The summed E-state index contributed by atoms with van der Waals surface area (Å²) in [6.45, 7) is 3.59. The lowest BCUT2D eigenvalue weighted by molar-refractivity contribution is -0.139. The molecule has 1 aliphatic carbocycles. The molecule has 1 aliphatic rings. The van der Waals surface area contributed by atoms with Gasteiger partial charge in [-0.3, -0.25) is 14.4 Å². The molecule has 0 aliphatic heterocycles. The number of carboxylic acid groups (broad SMARTS) is 2. The Bertz CT molecular complexity index is 774. The normalized spacial score (nSPS) is 16.3. The summed E-state index contributed by atoms with van der Waals surface area (Å²) in [4.78, 5) is 47.8. The average Bonchev–Trinajstić information content (AvgIpc) is 2.54. The Morgan fingerprint density at radius 2 is 1.69 bits per heavy atom. The number of hydrogen-bond donors (Lipinski definition) is 3. The van der Waals surface area contributed by atoms with E-state index < -0.39 is 34.4 Å². The van der Waals surface area contributed by atoms with Gasteiger partial charge >= 0.3 is 11.9 Å². The zero-order valence-corrected chi connectivity index (χ0v) is 14.9. The molecule has 26 heavy (non-hydrogen) atoms. The van der Waals surface area contributed by atoms with Crippen molar-refractivity contribution in [2.75, 3.05) is 0 Å². The molecule has 0 saturated heterocycles. The Hall–Kier alpha value is -2.64. The quantitative estimate of drug-likeness (QED) is 0.709. The van der Waals surface area contributed by atoms with Gasteiger partial charge in [-0.25, -0.2) is 4.79 Å². The molecule has 142 valence electrons. The van der Waals surface area contributed by atoms with Crippen LogP contribution in [0.15, 0.2) is 17.2 Å². The molecule has 8 heteroatoms. The van der Waals surface area contributed by atoms with Crippen LogP contribution in [0.25, 0.3) is 0 Å². The van der Waals surface area contributed by atoms with Crippen LogP contribution >= 0.6 is 0 Å². The Balaban J connectivity index is 2.43. The molecule has 8 nitrogen and oxygen atoms in total. The van der Waals surface area contributed by atoms with Gasteiger partial charge in [-0.1, -0.05) is 19.3 Å². The molecule has 1 heterocycles. The van der Waals surface area contributed by atoms with Crippen molar-refractivity contribution in [2.45, 2.75) is 64.0 Å². The summed E-state index contributed by atoms with van der Waals surface area (Å²) in [6, 6.07) is -0.150. The number of amides is 1. The predicted octanol–water partition coefficient (Wildman–Crippen LogP) is 2.03. The molecule has 1 aromatic rings. The van der Waals surface area contributed by atoms with Crippen LogP contribution in [0.3, 0.4) is 0 Å². The minimum Gasteiger partial charge on any atom is -0.481 e. The first-order valence-corrected chi connectivity index (χ1v) is 8.68. The van der Waals surface area contributed by atoms with E-state index in [1.54, 1.807) is 13.8 Å². The predicted molar refractivity (Wildman–Crippen MR) is 93.6 cm³/mol. The third-order valence-electron chi connectivity index (χ3n) is 4.80. The number of carbonyl (C=O) groups is 3. The van der Waals surface area contributed by atoms with Crippen molar-refractivity contribution in [2.24, 2.45) is 0 Å². The molecule has 1 saturated carbocycles. The number of aromatic carboxylic acids is 1. The van der Waals surface area contributed by atoms with Gasteiger partial charge in [0.25, 0.3) is 5.91 Å². The summed E-state index contributed by atoms with van der Waals surface area (Å²) in [6.07, 6.45) is 5.88. The smallest absolute Gasteiger partial charge is 0.341 e. The molecule has 0 atom stereocenters. The number of pyridine rings is 1. The van der Waals surface area contributed by atoms with Crippen LogP contribution in [0.4, 0.5) is 0 Å². The minimum absolute atomic E-state index is 0.150. The maximum atomic E-state index is 12.8. The third-order valence-corrected chi connectivity index (χ3v) is 4.80. The fourth-order valence-corrected chi connectivity index (χ4v) is 3.38. The molecule has 1 aromatic heterocycles. The van der Waals surface area contributed by atoms with Gasteiger partial charge in [0.2, 0.25) is 5.43 Å². The zero-order chi connectivity index (χ0) is 19.5. The number of nitrogens with zero attached hydrogens (tertiary/aromatic N) is 1. The SMILES string of the molecule is CC(C)n1cc(C(=O)O)c(=O)c(C(=O)NC2(CC(=O)O)CCCCC2)c1. The van der Waals surface area contributed by atoms with E-state index in [4.69, 9.17) is 0 Å². The average molecular weight is 364 g/mol. The van der Waals surface area contributed by atoms with Crippen molar-refractivity contribution in [3.63, 3.8) is 0 Å². The topological polar surface area (TPSA) is 126 Å². The van der Waals surface area contributed by atoms with E-state index in [1.165, 1.54) is 17.0 Å². The largest absolute Gasteiger partial charge is 0.481 e. The molecule has 0 spiro atoms. The number of aromatic nitrogens is 1. The number of rotatable bonds is 6. The molecule has 0 aromatic carbocycles. The number of aliphatic carboxylic acids is 1. The maximum Gasteiger partial charge on any atom is 0.341 e. The first-order chi connectivity index (χ1) is 12.1. The molecular formula is C18H24N2O6. The molecule has 2 rings (SSSR count). The lowest BCUT2D eigenvalue weighted by Gasteiger charge is -2.37. The molecule has 0 radical (unpaired) electrons. The second-order valence-corrected chi connectivity index (χ2v) is 7.13. The third kappa shape index (κ3) is 4.30. The van der Waals surface area contributed by atoms with Crippen molar-refractivity contribution in [3.05, 3.63) is 33.7 Å². The highest BCUT2D eigenvalue weighted by molar-refractivity contribution is 5.97. The Morgan fingerprint density at radius 3 is 2.19 bits per heavy atom. The number of hydrogen-bond acceptors (Lipinski definition) is 4. The van der Waals surface area contributed by atoms with E-state index >= 15 is 0 Å². The van der Waals surface area contributed by atoms with E-state index in [0.717, 1.165) is 19.3 Å². The van der Waals surface area contributed by atoms with Gasteiger partial charge in [0.15, 0.2) is 0 Å². The van der Waals surface area contributed by atoms with Crippen molar-refractivity contribution in [1.82, 2.24) is 9.88 Å². The standard InChI is InChI=1S/C18H24N2O6/c1-11(2)20-9-12(15(23)13(10-20)17(25)26)16(24)19-18(8-14(21)22)6-4-3-5-7-18/h9-11H,3-8H2,1-2H3,(H,19,24)(H,21,22)(H,25,26). The lowest BCUT2D eigenvalue weighted by Crippen LogP contribution is -2.52. The Morgan fingerprint density at radius 1 is 1.12 bits per heavy atom. The highest BCUT2D eigenvalue weighted by atomic mass is 16.4. The summed E-state index contributed by atoms with van der Waals surface area (Å²) < 4.78 is 1.49. The summed E-state index contributed by atoms with van der Waals surface area (Å²) in [5.74, 6) is -3.15. The molecule has 1 fully saturated rings. The van der Waals surface area contributed by atoms with Crippen LogP contribution in [0.1, 0.15) is 79.1 Å². The van der Waals surface area contributed by atoms with E-state index in [2.05, 4.69) is 5.32 Å². The first kappa shape index (κ1) is 19.7. The second kappa shape index (κ2) is 7.72. The Labute approximate surface area is 150 Å². The summed E-state index contributed by atoms with van der Waals surface area (Å²) >= 11 is 0. The van der Waals surface area contributed by atoms with Gasteiger partial charge in [-0.15, -0.1) is 0 Å². The van der Waals surface area contributed by atoms with Gasteiger partial charge in [-0.05, 0) is 26.7 Å².